The highest BCUT2D eigenvalue weighted by Gasteiger charge is 2.19. The molecule has 0 radical (unpaired) electrons. The lowest BCUT2D eigenvalue weighted by atomic mass is 9.87. The minimum absolute atomic E-state index is 0.141. The molecule has 1 aliphatic rings. The molecule has 70 valence electrons. The van der Waals surface area contributed by atoms with Crippen LogP contribution in [0, 0.1) is 5.92 Å². The molecule has 5 N–H and O–H groups in total. The number of hydrogen-bond acceptors (Lipinski definition) is 2. The molecule has 1 rings (SSSR count). The van der Waals surface area contributed by atoms with Gasteiger partial charge in [0.15, 0.2) is 5.96 Å². The Morgan fingerprint density at radius 2 is 2.17 bits per heavy atom. The first-order chi connectivity index (χ1) is 5.68. The van der Waals surface area contributed by atoms with Crippen LogP contribution < -0.4 is 11.5 Å². The van der Waals surface area contributed by atoms with E-state index in [0.29, 0.717) is 12.5 Å². The summed E-state index contributed by atoms with van der Waals surface area (Å²) in [5, 5.41) is 9.33. The lowest BCUT2D eigenvalue weighted by molar-refractivity contribution is 0.103. The van der Waals surface area contributed by atoms with E-state index in [2.05, 4.69) is 4.99 Å². The highest BCUT2D eigenvalue weighted by molar-refractivity contribution is 5.75. The number of guanidine groups is 1. The summed E-state index contributed by atoms with van der Waals surface area (Å²) in [6.07, 6.45) is 3.85. The summed E-state index contributed by atoms with van der Waals surface area (Å²) < 4.78 is 0. The molecule has 2 unspecified atom stereocenters. The third kappa shape index (κ3) is 3.09. The van der Waals surface area contributed by atoms with Crippen LogP contribution in [0.3, 0.4) is 0 Å². The van der Waals surface area contributed by atoms with E-state index in [0.717, 1.165) is 25.7 Å². The highest BCUT2D eigenvalue weighted by atomic mass is 16.3. The van der Waals surface area contributed by atoms with Gasteiger partial charge in [0.1, 0.15) is 0 Å². The first-order valence-electron chi connectivity index (χ1n) is 4.42. The quantitative estimate of drug-likeness (QED) is 0.397. The van der Waals surface area contributed by atoms with E-state index in [4.69, 9.17) is 11.5 Å². The van der Waals surface area contributed by atoms with Crippen LogP contribution in [0.15, 0.2) is 4.99 Å². The Labute approximate surface area is 72.7 Å². The molecule has 12 heavy (non-hydrogen) atoms. The van der Waals surface area contributed by atoms with Crippen molar-refractivity contribution < 1.29 is 5.11 Å². The van der Waals surface area contributed by atoms with Crippen molar-refractivity contribution in [3.63, 3.8) is 0 Å². The second kappa shape index (κ2) is 4.30. The fourth-order valence-corrected chi connectivity index (χ4v) is 1.66. The Morgan fingerprint density at radius 1 is 1.42 bits per heavy atom. The van der Waals surface area contributed by atoms with Crippen LogP contribution in [-0.2, 0) is 0 Å². The van der Waals surface area contributed by atoms with Gasteiger partial charge in [-0.2, -0.15) is 0 Å². The van der Waals surface area contributed by atoms with Gasteiger partial charge in [0.25, 0.3) is 0 Å². The zero-order chi connectivity index (χ0) is 8.97. The highest BCUT2D eigenvalue weighted by Crippen LogP contribution is 2.24. The molecule has 4 heteroatoms. The summed E-state index contributed by atoms with van der Waals surface area (Å²) in [6.45, 7) is 0.666. The smallest absolute Gasteiger partial charge is 0.185 e. The zero-order valence-electron chi connectivity index (χ0n) is 7.24. The van der Waals surface area contributed by atoms with Crippen LogP contribution in [-0.4, -0.2) is 23.7 Å². The van der Waals surface area contributed by atoms with E-state index >= 15 is 0 Å². The summed E-state index contributed by atoms with van der Waals surface area (Å²) in [7, 11) is 0. The second-order valence-electron chi connectivity index (χ2n) is 3.45. The van der Waals surface area contributed by atoms with E-state index < -0.39 is 0 Å². The van der Waals surface area contributed by atoms with Gasteiger partial charge >= 0.3 is 0 Å². The van der Waals surface area contributed by atoms with Gasteiger partial charge in [-0.15, -0.1) is 0 Å². The van der Waals surface area contributed by atoms with Crippen molar-refractivity contribution in [2.24, 2.45) is 22.4 Å². The number of nitrogens with zero attached hydrogens (tertiary/aromatic N) is 1. The number of hydrogen-bond donors (Lipinski definition) is 3. The third-order valence-electron chi connectivity index (χ3n) is 2.29. The maximum Gasteiger partial charge on any atom is 0.185 e. The number of aliphatic hydroxyl groups is 1. The number of aliphatic imine (C=N–C) groups is 1. The van der Waals surface area contributed by atoms with Gasteiger partial charge in [-0.3, -0.25) is 4.99 Å². The second-order valence-corrected chi connectivity index (χ2v) is 3.45. The van der Waals surface area contributed by atoms with Crippen molar-refractivity contribution in [1.29, 1.82) is 0 Å². The molecule has 0 amide bonds. The SMILES string of the molecule is NC(N)=NCC1CCCC(O)C1. The van der Waals surface area contributed by atoms with Crippen molar-refractivity contribution in [3.05, 3.63) is 0 Å². The van der Waals surface area contributed by atoms with Crippen molar-refractivity contribution in [2.45, 2.75) is 31.8 Å². The van der Waals surface area contributed by atoms with Crippen LogP contribution in [0.1, 0.15) is 25.7 Å². The molecule has 1 aliphatic carbocycles. The van der Waals surface area contributed by atoms with E-state index in [-0.39, 0.29) is 12.1 Å². The Hall–Kier alpha value is -0.770. The molecule has 0 aromatic rings. The van der Waals surface area contributed by atoms with E-state index in [1.165, 1.54) is 0 Å². The van der Waals surface area contributed by atoms with Gasteiger partial charge in [0.2, 0.25) is 0 Å². The molecule has 2 atom stereocenters. The Morgan fingerprint density at radius 3 is 2.75 bits per heavy atom. The molecule has 0 saturated heterocycles. The first kappa shape index (κ1) is 9.32. The fraction of sp³-hybridized carbons (Fsp3) is 0.875. The molecule has 0 aromatic heterocycles. The maximum atomic E-state index is 9.33. The van der Waals surface area contributed by atoms with Gasteiger partial charge in [0.05, 0.1) is 6.10 Å². The average molecular weight is 171 g/mol. The monoisotopic (exact) mass is 171 g/mol. The lowest BCUT2D eigenvalue weighted by Gasteiger charge is -2.24. The van der Waals surface area contributed by atoms with Crippen molar-refractivity contribution in [2.75, 3.05) is 6.54 Å². The minimum Gasteiger partial charge on any atom is -0.393 e. The molecule has 0 heterocycles. The van der Waals surface area contributed by atoms with E-state index in [1.807, 2.05) is 0 Å². The van der Waals surface area contributed by atoms with Gasteiger partial charge in [-0.1, -0.05) is 6.42 Å². The Kier molecular flexibility index (Phi) is 3.34. The standard InChI is InChI=1S/C8H17N3O/c9-8(10)11-5-6-2-1-3-7(12)4-6/h6-7,12H,1-5H2,(H4,9,10,11). The number of aliphatic hydroxyl groups excluding tert-OH is 1. The van der Waals surface area contributed by atoms with Gasteiger partial charge in [0, 0.05) is 6.54 Å². The molecule has 0 aliphatic heterocycles. The number of rotatable bonds is 2. The molecule has 0 bridgehead atoms. The van der Waals surface area contributed by atoms with Gasteiger partial charge in [-0.25, -0.2) is 0 Å². The summed E-state index contributed by atoms with van der Waals surface area (Å²) in [5.74, 6) is 0.617. The normalized spacial score (nSPS) is 29.8. The van der Waals surface area contributed by atoms with Crippen LogP contribution >= 0.6 is 0 Å². The zero-order valence-corrected chi connectivity index (χ0v) is 7.24. The first-order valence-corrected chi connectivity index (χ1v) is 4.42. The summed E-state index contributed by atoms with van der Waals surface area (Å²) in [5.41, 5.74) is 10.4. The molecule has 1 fully saturated rings. The molecular weight excluding hydrogens is 154 g/mol. The van der Waals surface area contributed by atoms with E-state index in [9.17, 15) is 5.11 Å². The topological polar surface area (TPSA) is 84.6 Å². The molecule has 0 spiro atoms. The molecule has 1 saturated carbocycles. The van der Waals surface area contributed by atoms with Crippen LogP contribution in [0.25, 0.3) is 0 Å². The number of nitrogens with two attached hydrogens (primary N) is 2. The van der Waals surface area contributed by atoms with Crippen molar-refractivity contribution >= 4 is 5.96 Å². The lowest BCUT2D eigenvalue weighted by Crippen LogP contribution is -2.26. The van der Waals surface area contributed by atoms with Crippen molar-refractivity contribution in [3.8, 4) is 0 Å². The van der Waals surface area contributed by atoms with Crippen LogP contribution in [0.4, 0.5) is 0 Å². The summed E-state index contributed by atoms with van der Waals surface area (Å²) in [6, 6.07) is 0. The molecular formula is C8H17N3O. The van der Waals surface area contributed by atoms with E-state index in [1.54, 1.807) is 0 Å². The maximum absolute atomic E-state index is 9.33. The van der Waals surface area contributed by atoms with Crippen LogP contribution in [0.5, 0.6) is 0 Å². The predicted molar refractivity (Wildman–Crippen MR) is 48.6 cm³/mol. The molecule has 0 aromatic carbocycles. The predicted octanol–water partition coefficient (Wildman–Crippen LogP) is -0.189. The van der Waals surface area contributed by atoms with Crippen LogP contribution in [0.2, 0.25) is 0 Å². The minimum atomic E-state index is -0.141. The molecule has 4 nitrogen and oxygen atoms in total. The Bertz CT molecular complexity index is 166. The van der Waals surface area contributed by atoms with Gasteiger partial charge in [-0.05, 0) is 25.2 Å². The summed E-state index contributed by atoms with van der Waals surface area (Å²) in [4.78, 5) is 3.94. The fourth-order valence-electron chi connectivity index (χ4n) is 1.66. The average Bonchev–Trinajstić information content (AvgIpc) is 2.01. The van der Waals surface area contributed by atoms with Gasteiger partial charge < -0.3 is 16.6 Å². The Balaban J connectivity index is 2.27. The van der Waals surface area contributed by atoms with Crippen molar-refractivity contribution in [1.82, 2.24) is 0 Å². The third-order valence-corrected chi connectivity index (χ3v) is 2.29. The summed E-state index contributed by atoms with van der Waals surface area (Å²) >= 11 is 0. The largest absolute Gasteiger partial charge is 0.393 e.